The van der Waals surface area contributed by atoms with Gasteiger partial charge in [-0.3, -0.25) is 9.59 Å². The van der Waals surface area contributed by atoms with Gasteiger partial charge in [0.2, 0.25) is 0 Å². The maximum absolute atomic E-state index is 12.2. The van der Waals surface area contributed by atoms with Crippen molar-refractivity contribution >= 4 is 23.5 Å². The number of nitrogens with one attached hydrogen (secondary N) is 1. The van der Waals surface area contributed by atoms with Crippen LogP contribution in [0.5, 0.6) is 11.5 Å². The van der Waals surface area contributed by atoms with Crippen LogP contribution in [0.15, 0.2) is 48.5 Å². The zero-order chi connectivity index (χ0) is 17.5. The Labute approximate surface area is 137 Å². The molecule has 2 rings (SSSR count). The van der Waals surface area contributed by atoms with Gasteiger partial charge in [0.25, 0.3) is 5.91 Å². The number of hydrogen-bond donors (Lipinski definition) is 2. The molecule has 0 fully saturated rings. The van der Waals surface area contributed by atoms with E-state index in [2.05, 4.69) is 5.32 Å². The molecule has 0 spiro atoms. The number of carbonyl (C=O) groups is 3. The molecular formula is C17H15NO6. The Morgan fingerprint density at radius 2 is 1.75 bits per heavy atom. The van der Waals surface area contributed by atoms with Gasteiger partial charge in [0, 0.05) is 24.2 Å². The van der Waals surface area contributed by atoms with Gasteiger partial charge in [0.05, 0.1) is 0 Å². The second-order valence-electron chi connectivity index (χ2n) is 4.79. The molecule has 2 N–H and O–H groups in total. The number of carboxylic acids is 1. The quantitative estimate of drug-likeness (QED) is 0.623. The summed E-state index contributed by atoms with van der Waals surface area (Å²) in [7, 11) is 0. The normalized spacial score (nSPS) is 9.88. The van der Waals surface area contributed by atoms with E-state index < -0.39 is 24.5 Å². The summed E-state index contributed by atoms with van der Waals surface area (Å²) in [4.78, 5) is 33.7. The minimum absolute atomic E-state index is 0.272. The monoisotopic (exact) mass is 329 g/mol. The fourth-order valence-electron chi connectivity index (χ4n) is 1.88. The Bertz CT molecular complexity index is 771. The molecular weight excluding hydrogens is 314 g/mol. The van der Waals surface area contributed by atoms with Crippen molar-refractivity contribution in [2.24, 2.45) is 0 Å². The van der Waals surface area contributed by atoms with Crippen molar-refractivity contribution in [2.45, 2.75) is 6.92 Å². The smallest absolute Gasteiger partial charge is 0.341 e. The summed E-state index contributed by atoms with van der Waals surface area (Å²) in [6.07, 6.45) is 0. The summed E-state index contributed by atoms with van der Waals surface area (Å²) in [5, 5.41) is 11.3. The Balaban J connectivity index is 2.08. The highest BCUT2D eigenvalue weighted by Gasteiger charge is 2.09. The maximum Gasteiger partial charge on any atom is 0.341 e. The van der Waals surface area contributed by atoms with E-state index in [4.69, 9.17) is 14.6 Å². The first kappa shape index (κ1) is 17.0. The van der Waals surface area contributed by atoms with Crippen molar-refractivity contribution in [1.29, 1.82) is 0 Å². The fourth-order valence-corrected chi connectivity index (χ4v) is 1.88. The zero-order valence-corrected chi connectivity index (χ0v) is 12.8. The van der Waals surface area contributed by atoms with Crippen LogP contribution in [0.2, 0.25) is 0 Å². The molecule has 2 aromatic carbocycles. The van der Waals surface area contributed by atoms with Gasteiger partial charge in [0.15, 0.2) is 6.61 Å². The van der Waals surface area contributed by atoms with Gasteiger partial charge in [-0.25, -0.2) is 4.79 Å². The molecule has 0 saturated carbocycles. The Morgan fingerprint density at radius 3 is 2.46 bits per heavy atom. The largest absolute Gasteiger partial charge is 0.482 e. The number of rotatable bonds is 6. The number of carboxylic acid groups (broad SMARTS) is 1. The van der Waals surface area contributed by atoms with Gasteiger partial charge in [-0.2, -0.15) is 0 Å². The predicted octanol–water partition coefficient (Wildman–Crippen LogP) is 2.33. The lowest BCUT2D eigenvalue weighted by atomic mass is 10.2. The average Bonchev–Trinajstić information content (AvgIpc) is 2.53. The number of aliphatic carboxylic acids is 1. The van der Waals surface area contributed by atoms with Crippen molar-refractivity contribution in [3.05, 3.63) is 54.1 Å². The summed E-state index contributed by atoms with van der Waals surface area (Å²) in [5.41, 5.74) is 0.756. The van der Waals surface area contributed by atoms with Crippen LogP contribution in [-0.2, 0) is 9.59 Å². The van der Waals surface area contributed by atoms with Crippen molar-refractivity contribution < 1.29 is 29.0 Å². The van der Waals surface area contributed by atoms with E-state index in [9.17, 15) is 14.4 Å². The highest BCUT2D eigenvalue weighted by atomic mass is 16.5. The lowest BCUT2D eigenvalue weighted by Gasteiger charge is -2.09. The van der Waals surface area contributed by atoms with Crippen LogP contribution < -0.4 is 14.8 Å². The highest BCUT2D eigenvalue weighted by molar-refractivity contribution is 6.04. The third kappa shape index (κ3) is 5.13. The molecule has 0 aromatic heterocycles. The lowest BCUT2D eigenvalue weighted by molar-refractivity contribution is -0.139. The second kappa shape index (κ2) is 7.77. The van der Waals surface area contributed by atoms with Crippen LogP contribution in [0.3, 0.4) is 0 Å². The van der Waals surface area contributed by atoms with Crippen molar-refractivity contribution in [3.8, 4) is 11.5 Å². The predicted molar refractivity (Wildman–Crippen MR) is 85.3 cm³/mol. The summed E-state index contributed by atoms with van der Waals surface area (Å²) in [6, 6.07) is 12.5. The first-order valence-corrected chi connectivity index (χ1v) is 6.98. The molecule has 0 radical (unpaired) electrons. The SMILES string of the molecule is CC(=O)Oc1cccc(C(=O)Nc2cccc(OCC(=O)O)c2)c1. The first-order valence-electron chi connectivity index (χ1n) is 6.98. The number of amides is 1. The van der Waals surface area contributed by atoms with E-state index >= 15 is 0 Å². The van der Waals surface area contributed by atoms with E-state index in [-0.39, 0.29) is 5.75 Å². The van der Waals surface area contributed by atoms with Crippen LogP contribution in [0, 0.1) is 0 Å². The number of carbonyl (C=O) groups excluding carboxylic acids is 2. The van der Waals surface area contributed by atoms with Gasteiger partial charge in [-0.05, 0) is 30.3 Å². The number of ether oxygens (including phenoxy) is 2. The number of anilines is 1. The molecule has 0 atom stereocenters. The molecule has 1 amide bonds. The Hall–Kier alpha value is -3.35. The minimum Gasteiger partial charge on any atom is -0.482 e. The third-order valence-electron chi connectivity index (χ3n) is 2.81. The van der Waals surface area contributed by atoms with Crippen LogP contribution >= 0.6 is 0 Å². The molecule has 0 aliphatic rings. The van der Waals surface area contributed by atoms with Gasteiger partial charge < -0.3 is 19.9 Å². The molecule has 0 aliphatic carbocycles. The molecule has 0 bridgehead atoms. The molecule has 0 unspecified atom stereocenters. The first-order chi connectivity index (χ1) is 11.4. The van der Waals surface area contributed by atoms with Crippen molar-refractivity contribution in [1.82, 2.24) is 0 Å². The molecule has 2 aromatic rings. The molecule has 0 saturated heterocycles. The fraction of sp³-hybridized carbons (Fsp3) is 0.118. The number of hydrogen-bond acceptors (Lipinski definition) is 5. The van der Waals surface area contributed by atoms with Crippen LogP contribution in [0.25, 0.3) is 0 Å². The number of benzene rings is 2. The average molecular weight is 329 g/mol. The van der Waals surface area contributed by atoms with Gasteiger partial charge >= 0.3 is 11.9 Å². The zero-order valence-electron chi connectivity index (χ0n) is 12.8. The molecule has 0 aliphatic heterocycles. The summed E-state index contributed by atoms with van der Waals surface area (Å²) in [5.74, 6) is -1.38. The number of esters is 1. The molecule has 7 nitrogen and oxygen atoms in total. The van der Waals surface area contributed by atoms with Gasteiger partial charge in [-0.1, -0.05) is 12.1 Å². The molecule has 0 heterocycles. The van der Waals surface area contributed by atoms with Crippen LogP contribution in [-0.4, -0.2) is 29.6 Å². The molecule has 24 heavy (non-hydrogen) atoms. The Kier molecular flexibility index (Phi) is 5.51. The van der Waals surface area contributed by atoms with Gasteiger partial charge in [0.1, 0.15) is 11.5 Å². The van der Waals surface area contributed by atoms with Crippen molar-refractivity contribution in [2.75, 3.05) is 11.9 Å². The van der Waals surface area contributed by atoms with E-state index in [1.54, 1.807) is 36.4 Å². The standard InChI is InChI=1S/C17H15NO6/c1-11(19)24-15-7-2-4-12(8-15)17(22)18-13-5-3-6-14(9-13)23-10-16(20)21/h2-9H,10H2,1H3,(H,18,22)(H,20,21). The molecule has 7 heteroatoms. The van der Waals surface area contributed by atoms with Crippen LogP contribution in [0.4, 0.5) is 5.69 Å². The van der Waals surface area contributed by atoms with E-state index in [0.717, 1.165) is 0 Å². The third-order valence-corrected chi connectivity index (χ3v) is 2.81. The topological polar surface area (TPSA) is 102 Å². The second-order valence-corrected chi connectivity index (χ2v) is 4.79. The summed E-state index contributed by atoms with van der Waals surface area (Å²) < 4.78 is 9.98. The van der Waals surface area contributed by atoms with Gasteiger partial charge in [-0.15, -0.1) is 0 Å². The minimum atomic E-state index is -1.09. The molecule has 124 valence electrons. The van der Waals surface area contributed by atoms with Crippen LogP contribution in [0.1, 0.15) is 17.3 Å². The van der Waals surface area contributed by atoms with E-state index in [0.29, 0.717) is 17.0 Å². The van der Waals surface area contributed by atoms with Crippen molar-refractivity contribution in [3.63, 3.8) is 0 Å². The summed E-state index contributed by atoms with van der Waals surface area (Å²) in [6.45, 7) is 0.803. The Morgan fingerprint density at radius 1 is 1.04 bits per heavy atom. The maximum atomic E-state index is 12.2. The lowest BCUT2D eigenvalue weighted by Crippen LogP contribution is -2.13. The van der Waals surface area contributed by atoms with E-state index in [1.807, 2.05) is 0 Å². The summed E-state index contributed by atoms with van der Waals surface area (Å²) >= 11 is 0. The highest BCUT2D eigenvalue weighted by Crippen LogP contribution is 2.19. The van der Waals surface area contributed by atoms with E-state index in [1.165, 1.54) is 19.1 Å².